The molecule has 2 rings (SSSR count). The van der Waals surface area contributed by atoms with Gasteiger partial charge in [0.2, 0.25) is 10.0 Å². The molecule has 1 aliphatic heterocycles. The highest BCUT2D eigenvalue weighted by molar-refractivity contribution is 7.89. The van der Waals surface area contributed by atoms with Gasteiger partial charge in [-0.2, -0.15) is 4.31 Å². The summed E-state index contributed by atoms with van der Waals surface area (Å²) in [6.45, 7) is 7.51. The number of quaternary nitrogens is 1. The van der Waals surface area contributed by atoms with Crippen LogP contribution in [0.25, 0.3) is 0 Å². The molecule has 1 saturated carbocycles. The second-order valence-corrected chi connectivity index (χ2v) is 8.18. The van der Waals surface area contributed by atoms with E-state index in [1.807, 2.05) is 0 Å². The van der Waals surface area contributed by atoms with Gasteiger partial charge in [0.25, 0.3) is 0 Å². The maximum Gasteiger partial charge on any atom is 0.214 e. The van der Waals surface area contributed by atoms with Gasteiger partial charge in [0.1, 0.15) is 0 Å². The Hall–Kier alpha value is -0.130. The summed E-state index contributed by atoms with van der Waals surface area (Å²) in [6.07, 6.45) is 5.39. The van der Waals surface area contributed by atoms with Crippen molar-refractivity contribution < 1.29 is 13.3 Å². The van der Waals surface area contributed by atoms with Crippen LogP contribution >= 0.6 is 0 Å². The van der Waals surface area contributed by atoms with Crippen LogP contribution in [0, 0.1) is 5.92 Å². The summed E-state index contributed by atoms with van der Waals surface area (Å²) in [5.74, 6) is 1.09. The molecule has 2 fully saturated rings. The largest absolute Gasteiger partial charge is 0.330 e. The van der Waals surface area contributed by atoms with E-state index in [2.05, 4.69) is 6.92 Å². The number of sulfonamides is 1. The van der Waals surface area contributed by atoms with Crippen molar-refractivity contribution >= 4 is 10.0 Å². The van der Waals surface area contributed by atoms with E-state index in [9.17, 15) is 8.42 Å². The van der Waals surface area contributed by atoms with Gasteiger partial charge in [0.15, 0.2) is 0 Å². The van der Waals surface area contributed by atoms with Gasteiger partial charge in [-0.05, 0) is 25.7 Å². The molecule has 1 N–H and O–H groups in total. The molecule has 0 radical (unpaired) electrons. The Morgan fingerprint density at radius 2 is 1.89 bits per heavy atom. The molecule has 0 aromatic heterocycles. The van der Waals surface area contributed by atoms with Crippen LogP contribution < -0.4 is 4.90 Å². The third-order valence-electron chi connectivity index (χ3n) is 4.64. The minimum atomic E-state index is -2.97. The Morgan fingerprint density at radius 1 is 1.22 bits per heavy atom. The second kappa shape index (κ2) is 5.88. The lowest BCUT2D eigenvalue weighted by molar-refractivity contribution is -0.930. The van der Waals surface area contributed by atoms with Crippen LogP contribution in [0.3, 0.4) is 0 Å². The van der Waals surface area contributed by atoms with Crippen molar-refractivity contribution in [2.75, 3.05) is 31.9 Å². The highest BCUT2D eigenvalue weighted by Crippen LogP contribution is 2.22. The van der Waals surface area contributed by atoms with E-state index in [0.717, 1.165) is 38.1 Å². The fourth-order valence-corrected chi connectivity index (χ4v) is 4.55. The van der Waals surface area contributed by atoms with Gasteiger partial charge in [-0.1, -0.05) is 13.3 Å². The summed E-state index contributed by atoms with van der Waals surface area (Å²) in [6, 6.07) is 0.778. The van der Waals surface area contributed by atoms with Crippen LogP contribution in [-0.2, 0) is 10.0 Å². The monoisotopic (exact) mass is 275 g/mol. The zero-order valence-electron chi connectivity index (χ0n) is 11.7. The first-order chi connectivity index (χ1) is 8.53. The topological polar surface area (TPSA) is 41.8 Å². The molecule has 18 heavy (non-hydrogen) atoms. The molecule has 0 amide bonds. The maximum atomic E-state index is 11.8. The van der Waals surface area contributed by atoms with E-state index in [4.69, 9.17) is 0 Å². The van der Waals surface area contributed by atoms with Crippen molar-refractivity contribution in [2.24, 2.45) is 5.92 Å². The molecule has 1 heterocycles. The second-order valence-electron chi connectivity index (χ2n) is 5.93. The lowest BCUT2D eigenvalue weighted by Crippen LogP contribution is -3.18. The third kappa shape index (κ3) is 3.25. The number of hydrogen-bond donors (Lipinski definition) is 1. The molecule has 2 atom stereocenters. The number of nitrogens with zero attached hydrogens (tertiary/aromatic N) is 1. The molecule has 2 aliphatic rings. The lowest BCUT2D eigenvalue weighted by atomic mass is 9.86. The van der Waals surface area contributed by atoms with Crippen molar-refractivity contribution in [3.05, 3.63) is 0 Å². The van der Waals surface area contributed by atoms with Crippen LogP contribution in [0.4, 0.5) is 0 Å². The predicted molar refractivity (Wildman–Crippen MR) is 73.2 cm³/mol. The summed E-state index contributed by atoms with van der Waals surface area (Å²) in [4.78, 5) is 1.64. The Balaban J connectivity index is 1.86. The molecule has 0 unspecified atom stereocenters. The first kappa shape index (κ1) is 14.3. The van der Waals surface area contributed by atoms with Gasteiger partial charge in [-0.3, -0.25) is 0 Å². The number of nitrogens with one attached hydrogen (secondary N) is 1. The Morgan fingerprint density at radius 3 is 2.44 bits per heavy atom. The van der Waals surface area contributed by atoms with Crippen molar-refractivity contribution in [3.8, 4) is 0 Å². The van der Waals surface area contributed by atoms with Gasteiger partial charge < -0.3 is 4.90 Å². The van der Waals surface area contributed by atoms with Crippen molar-refractivity contribution in [1.29, 1.82) is 0 Å². The van der Waals surface area contributed by atoms with Crippen LogP contribution in [-0.4, -0.2) is 50.7 Å². The van der Waals surface area contributed by atoms with Crippen LogP contribution in [0.2, 0.25) is 0 Å². The predicted octanol–water partition coefficient (Wildman–Crippen LogP) is 0.115. The summed E-state index contributed by atoms with van der Waals surface area (Å²) in [5, 5.41) is 0. The molecule has 1 saturated heterocycles. The standard InChI is InChI=1S/C13H26N2O2S/c1-3-18(16,17)15-9-7-14(8-10-15)13-6-4-5-12(2)11-13/h12-13H,3-11H2,1-2H3/p+1/t12-,13-/m0/s1. The molecular formula is C13H27N2O2S+. The summed E-state index contributed by atoms with van der Waals surface area (Å²) in [7, 11) is -2.97. The summed E-state index contributed by atoms with van der Waals surface area (Å²) in [5.41, 5.74) is 0. The average molecular weight is 275 g/mol. The van der Waals surface area contributed by atoms with Crippen molar-refractivity contribution in [2.45, 2.75) is 45.6 Å². The van der Waals surface area contributed by atoms with Gasteiger partial charge in [0.05, 0.1) is 38.0 Å². The van der Waals surface area contributed by atoms with E-state index >= 15 is 0 Å². The molecule has 0 aromatic rings. The average Bonchev–Trinajstić information content (AvgIpc) is 2.39. The Bertz CT molecular complexity index is 361. The molecule has 0 aromatic carbocycles. The zero-order valence-corrected chi connectivity index (χ0v) is 12.5. The van der Waals surface area contributed by atoms with Crippen LogP contribution in [0.15, 0.2) is 0 Å². The smallest absolute Gasteiger partial charge is 0.214 e. The van der Waals surface area contributed by atoms with Gasteiger partial charge in [-0.15, -0.1) is 0 Å². The maximum absolute atomic E-state index is 11.8. The van der Waals surface area contributed by atoms with Crippen molar-refractivity contribution in [3.63, 3.8) is 0 Å². The van der Waals surface area contributed by atoms with E-state index in [1.165, 1.54) is 25.7 Å². The molecule has 106 valence electrons. The molecular weight excluding hydrogens is 248 g/mol. The van der Waals surface area contributed by atoms with Gasteiger partial charge >= 0.3 is 0 Å². The number of rotatable bonds is 3. The highest BCUT2D eigenvalue weighted by Gasteiger charge is 2.33. The molecule has 1 aliphatic carbocycles. The minimum absolute atomic E-state index is 0.239. The third-order valence-corrected chi connectivity index (χ3v) is 6.52. The minimum Gasteiger partial charge on any atom is -0.330 e. The van der Waals surface area contributed by atoms with Gasteiger partial charge in [-0.25, -0.2) is 8.42 Å². The number of piperazine rings is 1. The van der Waals surface area contributed by atoms with E-state index in [-0.39, 0.29) is 5.75 Å². The van der Waals surface area contributed by atoms with Crippen molar-refractivity contribution in [1.82, 2.24) is 4.31 Å². The van der Waals surface area contributed by atoms with Gasteiger partial charge in [0, 0.05) is 6.42 Å². The first-order valence-corrected chi connectivity index (χ1v) is 8.96. The Labute approximate surface area is 111 Å². The summed E-state index contributed by atoms with van der Waals surface area (Å²) < 4.78 is 25.3. The fourth-order valence-electron chi connectivity index (χ4n) is 3.45. The normalized spacial score (nSPS) is 32.6. The Kier molecular flexibility index (Phi) is 4.67. The lowest BCUT2D eigenvalue weighted by Gasteiger charge is -2.38. The number of hydrogen-bond acceptors (Lipinski definition) is 2. The summed E-state index contributed by atoms with van der Waals surface area (Å²) >= 11 is 0. The van der Waals surface area contributed by atoms with Crippen LogP contribution in [0.5, 0.6) is 0 Å². The molecule has 5 heteroatoms. The first-order valence-electron chi connectivity index (χ1n) is 7.35. The fraction of sp³-hybridized carbons (Fsp3) is 1.00. The molecule has 0 bridgehead atoms. The van der Waals surface area contributed by atoms with E-state index in [0.29, 0.717) is 0 Å². The van der Waals surface area contributed by atoms with E-state index < -0.39 is 10.0 Å². The molecule has 0 spiro atoms. The zero-order chi connectivity index (χ0) is 13.2. The van der Waals surface area contributed by atoms with E-state index in [1.54, 1.807) is 16.1 Å². The highest BCUT2D eigenvalue weighted by atomic mass is 32.2. The van der Waals surface area contributed by atoms with Crippen LogP contribution in [0.1, 0.15) is 39.5 Å². The SMILES string of the molecule is CCS(=O)(=O)N1CC[NH+]([C@H]2CCC[C@H](C)C2)CC1. The quantitative estimate of drug-likeness (QED) is 0.795. The molecule has 4 nitrogen and oxygen atoms in total.